The molecule has 1 amide bonds. The zero-order valence-electron chi connectivity index (χ0n) is 16.3. The van der Waals surface area contributed by atoms with Gasteiger partial charge in [-0.3, -0.25) is 9.59 Å². The van der Waals surface area contributed by atoms with Crippen LogP contribution in [0, 0.1) is 0 Å². The number of carbonyl (C=O) groups excluding carboxylic acids is 2. The number of Topliss-reactive ketones (excluding diaryl/α,β-unsaturated/α-hetero) is 1. The number of carbonyl (C=O) groups is 2. The van der Waals surface area contributed by atoms with Crippen molar-refractivity contribution in [3.63, 3.8) is 0 Å². The Morgan fingerprint density at radius 3 is 2.68 bits per heavy atom. The molecular weight excluding hydrogens is 356 g/mol. The molecule has 2 N–H and O–H groups in total. The van der Waals surface area contributed by atoms with Crippen LogP contribution >= 0.6 is 0 Å². The van der Waals surface area contributed by atoms with Crippen LogP contribution in [-0.4, -0.2) is 25.4 Å². The van der Waals surface area contributed by atoms with Crippen LogP contribution in [0.15, 0.2) is 36.4 Å². The Balaban J connectivity index is 1.40. The topological polar surface area (TPSA) is 76.7 Å². The van der Waals surface area contributed by atoms with E-state index in [2.05, 4.69) is 28.8 Å². The average Bonchev–Trinajstić information content (AvgIpc) is 3.17. The summed E-state index contributed by atoms with van der Waals surface area (Å²) in [5.74, 6) is 1.06. The average molecular weight is 382 g/mol. The molecule has 6 heteroatoms. The number of fused-ring (bicyclic) bond motifs is 1. The lowest BCUT2D eigenvalue weighted by Gasteiger charge is -2.11. The van der Waals surface area contributed by atoms with Crippen molar-refractivity contribution >= 4 is 11.7 Å². The first-order valence-electron chi connectivity index (χ1n) is 9.46. The molecule has 1 heterocycles. The van der Waals surface area contributed by atoms with Crippen LogP contribution in [0.1, 0.15) is 46.8 Å². The van der Waals surface area contributed by atoms with Gasteiger partial charge in [-0.25, -0.2) is 0 Å². The van der Waals surface area contributed by atoms with Gasteiger partial charge in [0.05, 0.1) is 13.7 Å². The Labute approximate surface area is 165 Å². The van der Waals surface area contributed by atoms with Gasteiger partial charge in [-0.2, -0.15) is 0 Å². The fourth-order valence-electron chi connectivity index (χ4n) is 3.17. The van der Waals surface area contributed by atoms with E-state index in [9.17, 15) is 9.59 Å². The van der Waals surface area contributed by atoms with E-state index in [0.717, 1.165) is 18.7 Å². The van der Waals surface area contributed by atoms with Gasteiger partial charge in [-0.1, -0.05) is 18.2 Å². The first kappa shape index (κ1) is 19.9. The molecule has 0 aromatic heterocycles. The summed E-state index contributed by atoms with van der Waals surface area (Å²) in [5.41, 5.74) is 4.33. The molecule has 6 nitrogen and oxygen atoms in total. The van der Waals surface area contributed by atoms with E-state index >= 15 is 0 Å². The summed E-state index contributed by atoms with van der Waals surface area (Å²) < 4.78 is 11.0. The molecule has 0 aliphatic carbocycles. The first-order valence-corrected chi connectivity index (χ1v) is 9.46. The summed E-state index contributed by atoms with van der Waals surface area (Å²) >= 11 is 0. The number of ether oxygens (including phenoxy) is 2. The number of methoxy groups -OCH3 is 1. The molecule has 0 saturated carbocycles. The molecule has 2 aromatic carbocycles. The van der Waals surface area contributed by atoms with E-state index in [-0.39, 0.29) is 11.7 Å². The van der Waals surface area contributed by atoms with Crippen LogP contribution in [-0.2, 0) is 24.4 Å². The van der Waals surface area contributed by atoms with Gasteiger partial charge in [-0.15, -0.1) is 0 Å². The van der Waals surface area contributed by atoms with Crippen molar-refractivity contribution in [3.05, 3.63) is 58.7 Å². The van der Waals surface area contributed by atoms with Gasteiger partial charge in [-0.05, 0) is 48.2 Å². The SMILES string of the molecule is COc1cc(C(C)=O)ccc1OCCCC(=O)NCc1ccc2c(c1)CNC2. The van der Waals surface area contributed by atoms with Crippen LogP contribution in [0.3, 0.4) is 0 Å². The van der Waals surface area contributed by atoms with E-state index in [4.69, 9.17) is 9.47 Å². The smallest absolute Gasteiger partial charge is 0.220 e. The second-order valence-corrected chi connectivity index (χ2v) is 6.86. The Bertz CT molecular complexity index is 864. The molecular formula is C22H26N2O4. The monoisotopic (exact) mass is 382 g/mol. The molecule has 28 heavy (non-hydrogen) atoms. The second-order valence-electron chi connectivity index (χ2n) is 6.86. The highest BCUT2D eigenvalue weighted by atomic mass is 16.5. The molecule has 1 aliphatic rings. The maximum Gasteiger partial charge on any atom is 0.220 e. The van der Waals surface area contributed by atoms with Gasteiger partial charge in [0.15, 0.2) is 17.3 Å². The Kier molecular flexibility index (Phi) is 6.66. The zero-order valence-corrected chi connectivity index (χ0v) is 16.3. The lowest BCUT2D eigenvalue weighted by molar-refractivity contribution is -0.121. The maximum atomic E-state index is 12.1. The Morgan fingerprint density at radius 1 is 1.07 bits per heavy atom. The summed E-state index contributed by atoms with van der Waals surface area (Å²) in [5, 5.41) is 6.27. The molecule has 2 aromatic rings. The highest BCUT2D eigenvalue weighted by Gasteiger charge is 2.11. The number of benzene rings is 2. The number of ketones is 1. The predicted octanol–water partition coefficient (Wildman–Crippen LogP) is 2.98. The van der Waals surface area contributed by atoms with Crippen molar-refractivity contribution in [1.82, 2.24) is 10.6 Å². The molecule has 0 fully saturated rings. The van der Waals surface area contributed by atoms with E-state index in [0.29, 0.717) is 43.1 Å². The fourth-order valence-corrected chi connectivity index (χ4v) is 3.17. The minimum absolute atomic E-state index is 0.00103. The lowest BCUT2D eigenvalue weighted by atomic mass is 10.1. The van der Waals surface area contributed by atoms with Crippen LogP contribution in [0.2, 0.25) is 0 Å². The van der Waals surface area contributed by atoms with Crippen LogP contribution < -0.4 is 20.1 Å². The standard InChI is InChI=1S/C22H26N2O4/c1-15(25)17-7-8-20(21(11-17)27-2)28-9-3-4-22(26)24-12-16-5-6-18-13-23-14-19(18)10-16/h5-8,10-11,23H,3-4,9,12-14H2,1-2H3,(H,24,26). The van der Waals surface area contributed by atoms with Crippen molar-refractivity contribution in [1.29, 1.82) is 0 Å². The molecule has 0 saturated heterocycles. The van der Waals surface area contributed by atoms with Crippen molar-refractivity contribution in [2.75, 3.05) is 13.7 Å². The van der Waals surface area contributed by atoms with Gasteiger partial charge >= 0.3 is 0 Å². The molecule has 3 rings (SSSR count). The maximum absolute atomic E-state index is 12.1. The van der Waals surface area contributed by atoms with Crippen molar-refractivity contribution in [2.45, 2.75) is 39.4 Å². The minimum Gasteiger partial charge on any atom is -0.493 e. The number of hydrogen-bond donors (Lipinski definition) is 2. The van der Waals surface area contributed by atoms with Crippen molar-refractivity contribution < 1.29 is 19.1 Å². The zero-order chi connectivity index (χ0) is 19.9. The molecule has 148 valence electrons. The third-order valence-corrected chi connectivity index (χ3v) is 4.77. The van der Waals surface area contributed by atoms with E-state index in [1.54, 1.807) is 18.2 Å². The molecule has 0 unspecified atom stereocenters. The summed E-state index contributed by atoms with van der Waals surface area (Å²) in [6, 6.07) is 11.4. The Morgan fingerprint density at radius 2 is 1.89 bits per heavy atom. The molecule has 0 spiro atoms. The lowest BCUT2D eigenvalue weighted by Crippen LogP contribution is -2.23. The minimum atomic E-state index is -0.0267. The third kappa shape index (κ3) is 5.10. The number of rotatable bonds is 9. The van der Waals surface area contributed by atoms with Crippen molar-refractivity contribution in [2.24, 2.45) is 0 Å². The van der Waals surface area contributed by atoms with Gasteiger partial charge in [0, 0.05) is 31.6 Å². The molecule has 1 aliphatic heterocycles. The van der Waals surface area contributed by atoms with Gasteiger partial charge in [0.1, 0.15) is 0 Å². The fraction of sp³-hybridized carbons (Fsp3) is 0.364. The van der Waals surface area contributed by atoms with Crippen LogP contribution in [0.4, 0.5) is 0 Å². The number of nitrogens with one attached hydrogen (secondary N) is 2. The molecule has 0 atom stereocenters. The largest absolute Gasteiger partial charge is 0.493 e. The van der Waals surface area contributed by atoms with Crippen molar-refractivity contribution in [3.8, 4) is 11.5 Å². The highest BCUT2D eigenvalue weighted by Crippen LogP contribution is 2.28. The Hall–Kier alpha value is -2.86. The van der Waals surface area contributed by atoms with E-state index in [1.165, 1.54) is 25.2 Å². The number of amides is 1. The predicted molar refractivity (Wildman–Crippen MR) is 107 cm³/mol. The summed E-state index contributed by atoms with van der Waals surface area (Å²) in [7, 11) is 1.54. The van der Waals surface area contributed by atoms with Gasteiger partial charge in [0.2, 0.25) is 5.91 Å². The van der Waals surface area contributed by atoms with Gasteiger partial charge < -0.3 is 20.1 Å². The first-order chi connectivity index (χ1) is 13.6. The second kappa shape index (κ2) is 9.37. The van der Waals surface area contributed by atoms with E-state index in [1.807, 2.05) is 0 Å². The third-order valence-electron chi connectivity index (χ3n) is 4.77. The van der Waals surface area contributed by atoms with E-state index < -0.39 is 0 Å². The normalized spacial score (nSPS) is 12.4. The summed E-state index contributed by atoms with van der Waals surface area (Å²) in [6.45, 7) is 4.25. The molecule has 0 bridgehead atoms. The van der Waals surface area contributed by atoms with Crippen LogP contribution in [0.25, 0.3) is 0 Å². The van der Waals surface area contributed by atoms with Gasteiger partial charge in [0.25, 0.3) is 0 Å². The van der Waals surface area contributed by atoms with Crippen LogP contribution in [0.5, 0.6) is 11.5 Å². The summed E-state index contributed by atoms with van der Waals surface area (Å²) in [4.78, 5) is 23.5. The quantitative estimate of drug-likeness (QED) is 0.515. The number of hydrogen-bond acceptors (Lipinski definition) is 5. The summed E-state index contributed by atoms with van der Waals surface area (Å²) in [6.07, 6.45) is 0.984. The highest BCUT2D eigenvalue weighted by molar-refractivity contribution is 5.94. The molecule has 0 radical (unpaired) electrons.